The van der Waals surface area contributed by atoms with Gasteiger partial charge >= 0.3 is 0 Å². The summed E-state index contributed by atoms with van der Waals surface area (Å²) in [5.74, 6) is -0.654. The number of hydrogen-bond acceptors (Lipinski definition) is 5. The van der Waals surface area contributed by atoms with Gasteiger partial charge in [-0.1, -0.05) is 0 Å². The second-order valence-corrected chi connectivity index (χ2v) is 6.21. The smallest absolute Gasteiger partial charge is 0.241 e. The molecule has 0 aromatic heterocycles. The summed E-state index contributed by atoms with van der Waals surface area (Å²) in [5, 5.41) is 9.46. The molecule has 0 heterocycles. The van der Waals surface area contributed by atoms with Crippen molar-refractivity contribution < 1.29 is 22.7 Å². The molecule has 0 aliphatic heterocycles. The molecule has 4 N–H and O–H groups in total. The predicted octanol–water partition coefficient (Wildman–Crippen LogP) is 0.310. The molecule has 6 nitrogen and oxygen atoms in total. The van der Waals surface area contributed by atoms with Crippen molar-refractivity contribution in [1.82, 2.24) is 4.72 Å². The predicted molar refractivity (Wildman–Crippen MR) is 73.4 cm³/mol. The Hall–Kier alpha value is -1.22. The highest BCUT2D eigenvalue weighted by Gasteiger charge is 2.23. The van der Waals surface area contributed by atoms with E-state index in [4.69, 9.17) is 10.5 Å². The van der Waals surface area contributed by atoms with Crippen molar-refractivity contribution in [2.75, 3.05) is 26.0 Å². The zero-order chi connectivity index (χ0) is 15.5. The van der Waals surface area contributed by atoms with Crippen LogP contribution in [-0.2, 0) is 14.8 Å². The van der Waals surface area contributed by atoms with Crippen molar-refractivity contribution in [1.29, 1.82) is 0 Å². The number of nitrogens with two attached hydrogens (primary N) is 1. The van der Waals surface area contributed by atoms with Crippen molar-refractivity contribution >= 4 is 15.7 Å². The second-order valence-electron chi connectivity index (χ2n) is 4.50. The molecule has 0 radical (unpaired) electrons. The van der Waals surface area contributed by atoms with Crippen molar-refractivity contribution in [2.24, 2.45) is 0 Å². The number of hydrogen-bond donors (Lipinski definition) is 3. The SMILES string of the molecule is COCC(O)CNS(=O)(=O)c1c(C)cc(F)c(N)c1C. The standard InChI is InChI=1S/C12H19FN2O4S/c1-7-4-10(13)11(14)8(2)12(7)20(17,18)15-5-9(16)6-19-3/h4,9,15-16H,5-6,14H2,1-3H3. The molecule has 0 fully saturated rings. The third kappa shape index (κ3) is 3.66. The summed E-state index contributed by atoms with van der Waals surface area (Å²) in [6.07, 6.45) is -0.965. The van der Waals surface area contributed by atoms with Gasteiger partial charge in [0.1, 0.15) is 5.82 Å². The molecule has 0 bridgehead atoms. The molecule has 0 aliphatic rings. The van der Waals surface area contributed by atoms with Gasteiger partial charge in [-0.2, -0.15) is 0 Å². The monoisotopic (exact) mass is 306 g/mol. The number of aryl methyl sites for hydroxylation is 1. The maximum Gasteiger partial charge on any atom is 0.241 e. The lowest BCUT2D eigenvalue weighted by molar-refractivity contribution is 0.0679. The summed E-state index contributed by atoms with van der Waals surface area (Å²) < 4.78 is 44.8. The van der Waals surface area contributed by atoms with Crippen molar-refractivity contribution in [3.63, 3.8) is 0 Å². The third-order valence-electron chi connectivity index (χ3n) is 2.84. The van der Waals surface area contributed by atoms with E-state index in [-0.39, 0.29) is 34.9 Å². The molecule has 1 unspecified atom stereocenters. The first-order valence-electron chi connectivity index (χ1n) is 5.92. The third-order valence-corrected chi connectivity index (χ3v) is 4.55. The van der Waals surface area contributed by atoms with E-state index >= 15 is 0 Å². The fourth-order valence-electron chi connectivity index (χ4n) is 1.87. The Labute approximate surface area is 117 Å². The molecular weight excluding hydrogens is 287 g/mol. The van der Waals surface area contributed by atoms with Crippen LogP contribution in [0.5, 0.6) is 0 Å². The van der Waals surface area contributed by atoms with Gasteiger partial charge in [0.25, 0.3) is 0 Å². The van der Waals surface area contributed by atoms with Crippen LogP contribution in [0.3, 0.4) is 0 Å². The zero-order valence-corrected chi connectivity index (χ0v) is 12.4. The Morgan fingerprint density at radius 2 is 2.10 bits per heavy atom. The number of halogens is 1. The fourth-order valence-corrected chi connectivity index (χ4v) is 3.43. The van der Waals surface area contributed by atoms with Crippen LogP contribution in [-0.4, -0.2) is 39.9 Å². The Bertz CT molecular complexity index is 590. The number of ether oxygens (including phenoxy) is 1. The molecule has 0 spiro atoms. The minimum absolute atomic E-state index is 0.00599. The molecule has 0 saturated carbocycles. The van der Waals surface area contributed by atoms with Crippen LogP contribution in [0.15, 0.2) is 11.0 Å². The van der Waals surface area contributed by atoms with E-state index in [1.807, 2.05) is 0 Å². The summed E-state index contributed by atoms with van der Waals surface area (Å²) in [5.41, 5.74) is 5.72. The number of sulfonamides is 1. The second kappa shape index (κ2) is 6.49. The van der Waals surface area contributed by atoms with E-state index < -0.39 is 21.9 Å². The normalized spacial score (nSPS) is 13.4. The first kappa shape index (κ1) is 16.8. The van der Waals surface area contributed by atoms with Gasteiger partial charge in [0.15, 0.2) is 0 Å². The maximum atomic E-state index is 13.4. The number of anilines is 1. The van der Waals surface area contributed by atoms with E-state index in [1.165, 1.54) is 21.0 Å². The van der Waals surface area contributed by atoms with Crippen molar-refractivity contribution in [3.05, 3.63) is 23.0 Å². The first-order valence-corrected chi connectivity index (χ1v) is 7.40. The molecule has 0 aliphatic carbocycles. The van der Waals surface area contributed by atoms with Gasteiger partial charge in [-0.25, -0.2) is 17.5 Å². The average molecular weight is 306 g/mol. The summed E-state index contributed by atoms with van der Waals surface area (Å²) in [7, 11) is -2.49. The minimum Gasteiger partial charge on any atom is -0.396 e. The number of rotatable bonds is 6. The van der Waals surface area contributed by atoms with E-state index in [2.05, 4.69) is 4.72 Å². The number of benzene rings is 1. The minimum atomic E-state index is -3.89. The van der Waals surface area contributed by atoms with Gasteiger partial charge in [-0.15, -0.1) is 0 Å². The molecule has 20 heavy (non-hydrogen) atoms. The lowest BCUT2D eigenvalue weighted by Gasteiger charge is -2.16. The van der Waals surface area contributed by atoms with Gasteiger partial charge in [-0.3, -0.25) is 0 Å². The quantitative estimate of drug-likeness (QED) is 0.657. The maximum absolute atomic E-state index is 13.4. The number of methoxy groups -OCH3 is 1. The summed E-state index contributed by atoms with van der Waals surface area (Å²) in [6.45, 7) is 2.72. The average Bonchev–Trinajstić information content (AvgIpc) is 2.34. The largest absolute Gasteiger partial charge is 0.396 e. The Balaban J connectivity index is 3.08. The Kier molecular flexibility index (Phi) is 5.46. The van der Waals surface area contributed by atoms with Crippen LogP contribution in [0, 0.1) is 19.7 Å². The van der Waals surface area contributed by atoms with Crippen molar-refractivity contribution in [3.8, 4) is 0 Å². The van der Waals surface area contributed by atoms with Crippen LogP contribution in [0.2, 0.25) is 0 Å². The van der Waals surface area contributed by atoms with Crippen molar-refractivity contribution in [2.45, 2.75) is 24.8 Å². The zero-order valence-electron chi connectivity index (χ0n) is 11.6. The fraction of sp³-hybridized carbons (Fsp3) is 0.500. The van der Waals surface area contributed by atoms with E-state index in [0.717, 1.165) is 6.07 Å². The number of aliphatic hydroxyl groups is 1. The van der Waals surface area contributed by atoms with E-state index in [0.29, 0.717) is 0 Å². The first-order chi connectivity index (χ1) is 9.20. The van der Waals surface area contributed by atoms with Gasteiger partial charge in [0, 0.05) is 13.7 Å². The van der Waals surface area contributed by atoms with Gasteiger partial charge in [-0.05, 0) is 31.0 Å². The molecule has 1 atom stereocenters. The van der Waals surface area contributed by atoms with E-state index in [1.54, 1.807) is 0 Å². The Morgan fingerprint density at radius 3 is 2.65 bits per heavy atom. The lowest BCUT2D eigenvalue weighted by Crippen LogP contribution is -2.35. The number of aliphatic hydroxyl groups excluding tert-OH is 1. The molecule has 114 valence electrons. The highest BCUT2D eigenvalue weighted by molar-refractivity contribution is 7.89. The molecule has 1 rings (SSSR count). The van der Waals surface area contributed by atoms with Crippen LogP contribution in [0.25, 0.3) is 0 Å². The van der Waals surface area contributed by atoms with Crippen LogP contribution >= 0.6 is 0 Å². The van der Waals surface area contributed by atoms with Crippen LogP contribution < -0.4 is 10.5 Å². The van der Waals surface area contributed by atoms with Gasteiger partial charge < -0.3 is 15.6 Å². The number of nitrogens with one attached hydrogen (secondary N) is 1. The summed E-state index contributed by atoms with van der Waals surface area (Å²) in [4.78, 5) is -0.0685. The van der Waals surface area contributed by atoms with Crippen LogP contribution in [0.1, 0.15) is 11.1 Å². The topological polar surface area (TPSA) is 102 Å². The number of nitrogen functional groups attached to an aromatic ring is 1. The Morgan fingerprint density at radius 1 is 1.50 bits per heavy atom. The lowest BCUT2D eigenvalue weighted by atomic mass is 10.1. The highest BCUT2D eigenvalue weighted by atomic mass is 32.2. The molecule has 0 amide bonds. The molecular formula is C12H19FN2O4S. The molecule has 8 heteroatoms. The summed E-state index contributed by atoms with van der Waals surface area (Å²) in [6, 6.07) is 1.07. The summed E-state index contributed by atoms with van der Waals surface area (Å²) >= 11 is 0. The molecule has 1 aromatic rings. The highest BCUT2D eigenvalue weighted by Crippen LogP contribution is 2.27. The van der Waals surface area contributed by atoms with Crippen LogP contribution in [0.4, 0.5) is 10.1 Å². The molecule has 1 aromatic carbocycles. The van der Waals surface area contributed by atoms with E-state index in [9.17, 15) is 17.9 Å². The van der Waals surface area contributed by atoms with Gasteiger partial charge in [0.05, 0.1) is 23.3 Å². The molecule has 0 saturated heterocycles. The van der Waals surface area contributed by atoms with Gasteiger partial charge in [0.2, 0.25) is 10.0 Å².